The van der Waals surface area contributed by atoms with Crippen molar-refractivity contribution in [1.29, 1.82) is 0 Å². The summed E-state index contributed by atoms with van der Waals surface area (Å²) in [5.74, 6) is 1.13. The van der Waals surface area contributed by atoms with E-state index >= 15 is 0 Å². The van der Waals surface area contributed by atoms with Crippen LogP contribution in [0, 0.1) is 0 Å². The Bertz CT molecular complexity index is 923. The fraction of sp³-hybridized carbons (Fsp3) is 0.125. The molecule has 3 rings (SSSR count). The molecule has 0 aliphatic heterocycles. The molecule has 0 saturated carbocycles. The van der Waals surface area contributed by atoms with Gasteiger partial charge in [-0.2, -0.15) is 0 Å². The van der Waals surface area contributed by atoms with Crippen LogP contribution in [0.2, 0.25) is 0 Å². The SMILES string of the molecule is COc1c2ccccc2c(OC)c2cc(P(=O)([O-])[O-])ccc12.[Na+].[Na+]. The molecule has 0 unspecified atom stereocenters. The van der Waals surface area contributed by atoms with Gasteiger partial charge < -0.3 is 23.8 Å². The average Bonchev–Trinajstić information content (AvgIpc) is 2.51. The van der Waals surface area contributed by atoms with Crippen molar-refractivity contribution in [2.75, 3.05) is 14.2 Å². The van der Waals surface area contributed by atoms with E-state index in [9.17, 15) is 14.4 Å². The predicted octanol–water partition coefficient (Wildman–Crippen LogP) is -4.44. The van der Waals surface area contributed by atoms with E-state index in [-0.39, 0.29) is 64.4 Å². The third kappa shape index (κ3) is 3.85. The van der Waals surface area contributed by atoms with Crippen LogP contribution in [0.5, 0.6) is 11.5 Å². The Hall–Kier alpha value is -0.0700. The first-order valence-corrected chi connectivity index (χ1v) is 8.10. The summed E-state index contributed by atoms with van der Waals surface area (Å²) in [5, 5.41) is 2.60. The second-order valence-corrected chi connectivity index (χ2v) is 6.35. The summed E-state index contributed by atoms with van der Waals surface area (Å²) in [5.41, 5.74) is 0. The van der Waals surface area contributed by atoms with Crippen LogP contribution >= 0.6 is 7.60 Å². The molecular formula is C16H13Na2O5P. The first kappa shape index (κ1) is 22.0. The van der Waals surface area contributed by atoms with Gasteiger partial charge in [0.15, 0.2) is 0 Å². The van der Waals surface area contributed by atoms with Crippen LogP contribution in [-0.2, 0) is 4.57 Å². The minimum Gasteiger partial charge on any atom is -0.807 e. The quantitative estimate of drug-likeness (QED) is 0.267. The van der Waals surface area contributed by atoms with Gasteiger partial charge in [-0.15, -0.1) is 0 Å². The minimum absolute atomic E-state index is 0. The van der Waals surface area contributed by atoms with Crippen molar-refractivity contribution in [3.05, 3.63) is 42.5 Å². The topological polar surface area (TPSA) is 81.7 Å². The molecule has 24 heavy (non-hydrogen) atoms. The summed E-state index contributed by atoms with van der Waals surface area (Å²) >= 11 is 0. The molecule has 0 aromatic heterocycles. The number of hydrogen-bond acceptors (Lipinski definition) is 5. The number of methoxy groups -OCH3 is 2. The van der Waals surface area contributed by atoms with E-state index in [0.29, 0.717) is 22.3 Å². The normalized spacial score (nSPS) is 10.8. The maximum Gasteiger partial charge on any atom is 1.00 e. The number of fused-ring (bicyclic) bond motifs is 2. The van der Waals surface area contributed by atoms with Crippen LogP contribution in [0.15, 0.2) is 42.5 Å². The van der Waals surface area contributed by atoms with Gasteiger partial charge in [-0.3, -0.25) is 0 Å². The van der Waals surface area contributed by atoms with Gasteiger partial charge in [-0.05, 0) is 25.0 Å². The van der Waals surface area contributed by atoms with Gasteiger partial charge in [0.1, 0.15) is 11.5 Å². The van der Waals surface area contributed by atoms with E-state index < -0.39 is 7.60 Å². The summed E-state index contributed by atoms with van der Waals surface area (Å²) in [6, 6.07) is 11.7. The fourth-order valence-electron chi connectivity index (χ4n) is 2.70. The molecule has 0 saturated heterocycles. The Morgan fingerprint density at radius 2 is 1.25 bits per heavy atom. The van der Waals surface area contributed by atoms with Gasteiger partial charge in [-0.25, -0.2) is 0 Å². The summed E-state index contributed by atoms with van der Waals surface area (Å²) in [6.45, 7) is 0. The zero-order valence-corrected chi connectivity index (χ0v) is 18.9. The smallest absolute Gasteiger partial charge is 0.807 e. The molecule has 114 valence electrons. The van der Waals surface area contributed by atoms with Crippen molar-refractivity contribution in [2.45, 2.75) is 0 Å². The van der Waals surface area contributed by atoms with Crippen molar-refractivity contribution in [1.82, 2.24) is 0 Å². The van der Waals surface area contributed by atoms with Gasteiger partial charge in [0.05, 0.1) is 14.2 Å². The summed E-state index contributed by atoms with van der Waals surface area (Å²) < 4.78 is 22.2. The van der Waals surface area contributed by atoms with Gasteiger partial charge in [-0.1, -0.05) is 30.3 Å². The van der Waals surface area contributed by atoms with E-state index in [2.05, 4.69) is 0 Å². The van der Waals surface area contributed by atoms with E-state index in [1.807, 2.05) is 24.3 Å². The molecule has 0 fully saturated rings. The number of ether oxygens (including phenoxy) is 2. The standard InChI is InChI=1S/C16H15O5P.2Na/c1-20-15-11-5-3-4-6-12(11)16(21-2)14-9-10(22(17,18)19)7-8-13(14)15;;/h3-9H,1-2H3,(H2,17,18,19);;/q;2*+1/p-2. The second-order valence-electron chi connectivity index (χ2n) is 4.84. The number of benzene rings is 3. The molecule has 0 atom stereocenters. The van der Waals surface area contributed by atoms with E-state index in [1.54, 1.807) is 13.2 Å². The Balaban J connectivity index is 0.00000144. The second kappa shape index (κ2) is 8.54. The van der Waals surface area contributed by atoms with Crippen LogP contribution in [0.1, 0.15) is 0 Å². The average molecular weight is 362 g/mol. The van der Waals surface area contributed by atoms with Crippen molar-refractivity contribution in [2.24, 2.45) is 0 Å². The molecule has 0 aliphatic carbocycles. The Morgan fingerprint density at radius 3 is 1.71 bits per heavy atom. The molecule has 0 N–H and O–H groups in total. The van der Waals surface area contributed by atoms with Crippen LogP contribution in [-0.4, -0.2) is 14.2 Å². The first-order chi connectivity index (χ1) is 10.5. The molecule has 0 bridgehead atoms. The zero-order valence-electron chi connectivity index (χ0n) is 14.0. The van der Waals surface area contributed by atoms with Crippen LogP contribution in [0.25, 0.3) is 21.5 Å². The van der Waals surface area contributed by atoms with Crippen molar-refractivity contribution in [3.63, 3.8) is 0 Å². The molecule has 0 amide bonds. The van der Waals surface area contributed by atoms with Crippen LogP contribution < -0.4 is 83.7 Å². The molecule has 8 heteroatoms. The molecular weight excluding hydrogens is 349 g/mol. The Kier molecular flexibility index (Phi) is 7.82. The summed E-state index contributed by atoms with van der Waals surface area (Å²) in [4.78, 5) is 22.6. The maximum atomic E-state index is 11.3. The van der Waals surface area contributed by atoms with Gasteiger partial charge in [0.25, 0.3) is 0 Å². The third-order valence-corrected chi connectivity index (χ3v) is 4.54. The Morgan fingerprint density at radius 1 is 0.792 bits per heavy atom. The molecule has 0 radical (unpaired) electrons. The number of rotatable bonds is 3. The monoisotopic (exact) mass is 362 g/mol. The molecule has 0 aliphatic rings. The van der Waals surface area contributed by atoms with Gasteiger partial charge in [0, 0.05) is 21.5 Å². The van der Waals surface area contributed by atoms with Crippen molar-refractivity contribution in [3.8, 4) is 11.5 Å². The largest absolute Gasteiger partial charge is 1.00 e. The van der Waals surface area contributed by atoms with E-state index in [1.165, 1.54) is 19.2 Å². The zero-order chi connectivity index (χ0) is 15.9. The molecule has 3 aromatic carbocycles. The van der Waals surface area contributed by atoms with Crippen LogP contribution in [0.4, 0.5) is 0 Å². The Labute approximate surface area is 184 Å². The molecule has 5 nitrogen and oxygen atoms in total. The molecule has 0 spiro atoms. The third-order valence-electron chi connectivity index (χ3n) is 3.63. The van der Waals surface area contributed by atoms with Crippen molar-refractivity contribution >= 4 is 34.4 Å². The molecule has 0 heterocycles. The van der Waals surface area contributed by atoms with E-state index in [0.717, 1.165) is 10.8 Å². The maximum absolute atomic E-state index is 11.3. The van der Waals surface area contributed by atoms with Crippen LogP contribution in [0.3, 0.4) is 0 Å². The fourth-order valence-corrected chi connectivity index (χ4v) is 3.24. The van der Waals surface area contributed by atoms with E-state index in [4.69, 9.17) is 9.47 Å². The van der Waals surface area contributed by atoms with Gasteiger partial charge in [0.2, 0.25) is 0 Å². The minimum atomic E-state index is -4.83. The number of hydrogen-bond donors (Lipinski definition) is 0. The summed E-state index contributed by atoms with van der Waals surface area (Å²) in [6.07, 6.45) is 0. The summed E-state index contributed by atoms with van der Waals surface area (Å²) in [7, 11) is -1.78. The van der Waals surface area contributed by atoms with Gasteiger partial charge >= 0.3 is 59.1 Å². The molecule has 3 aromatic rings. The first-order valence-electron chi connectivity index (χ1n) is 6.56. The van der Waals surface area contributed by atoms with Crippen molar-refractivity contribution < 1.29 is 82.9 Å². The predicted molar refractivity (Wildman–Crippen MR) is 81.8 cm³/mol.